The second-order valence-electron chi connectivity index (χ2n) is 4.97. The normalized spacial score (nSPS) is 10.3. The zero-order chi connectivity index (χ0) is 17.7. The molecule has 24 heavy (non-hydrogen) atoms. The number of rotatable bonds is 6. The maximum atomic E-state index is 12.5. The zero-order valence-electron chi connectivity index (χ0n) is 14.3. The lowest BCUT2D eigenvalue weighted by atomic mass is 10.1. The molecule has 0 spiro atoms. The number of hydrogen-bond donors (Lipinski definition) is 0. The topological polar surface area (TPSA) is 66.8 Å². The van der Waals surface area contributed by atoms with Gasteiger partial charge in [0.05, 0.1) is 26.0 Å². The minimum absolute atomic E-state index is 0.160. The molecule has 0 amide bonds. The maximum absolute atomic E-state index is 12.5. The van der Waals surface area contributed by atoms with E-state index in [4.69, 9.17) is 14.2 Å². The summed E-state index contributed by atoms with van der Waals surface area (Å²) in [6.07, 6.45) is 0. The molecule has 0 saturated carbocycles. The fourth-order valence-corrected chi connectivity index (χ4v) is 2.61. The van der Waals surface area contributed by atoms with E-state index in [0.29, 0.717) is 5.69 Å². The molecular weight excluding hydrogens is 310 g/mol. The molecule has 128 valence electrons. The highest BCUT2D eigenvalue weighted by Crippen LogP contribution is 2.37. The molecule has 6 nitrogen and oxygen atoms in total. The summed E-state index contributed by atoms with van der Waals surface area (Å²) in [5.74, 6) is -0.933. The SMILES string of the molecule is CCOC(=O)c1c(OC)c(C(=O)OCC)n(C)c1-c1ccccc1. The number of hydrogen-bond acceptors (Lipinski definition) is 5. The molecule has 2 aromatic rings. The standard InChI is InChI=1S/C18H21NO5/c1-5-23-17(20)13-14(12-10-8-7-9-11-12)19(3)15(16(13)22-4)18(21)24-6-2/h7-11H,5-6H2,1-4H3. The van der Waals surface area contributed by atoms with E-state index in [9.17, 15) is 9.59 Å². The van der Waals surface area contributed by atoms with Gasteiger partial charge in [0.2, 0.25) is 0 Å². The van der Waals surface area contributed by atoms with Crippen LogP contribution in [0.2, 0.25) is 0 Å². The van der Waals surface area contributed by atoms with Crippen LogP contribution >= 0.6 is 0 Å². The highest BCUT2D eigenvalue weighted by Gasteiger charge is 2.32. The van der Waals surface area contributed by atoms with E-state index in [1.54, 1.807) is 25.5 Å². The average Bonchev–Trinajstić information content (AvgIpc) is 2.88. The highest BCUT2D eigenvalue weighted by molar-refractivity contribution is 6.05. The molecule has 1 heterocycles. The minimum atomic E-state index is -0.551. The van der Waals surface area contributed by atoms with Gasteiger partial charge in [-0.25, -0.2) is 9.59 Å². The van der Waals surface area contributed by atoms with Gasteiger partial charge in [0.25, 0.3) is 0 Å². The molecule has 0 aliphatic rings. The lowest BCUT2D eigenvalue weighted by Crippen LogP contribution is -2.11. The summed E-state index contributed by atoms with van der Waals surface area (Å²) in [6.45, 7) is 3.89. The van der Waals surface area contributed by atoms with E-state index >= 15 is 0 Å². The monoisotopic (exact) mass is 331 g/mol. The van der Waals surface area contributed by atoms with Gasteiger partial charge in [-0.1, -0.05) is 30.3 Å². The molecule has 1 aromatic carbocycles. The summed E-state index contributed by atoms with van der Waals surface area (Å²) >= 11 is 0. The Kier molecular flexibility index (Phi) is 5.63. The van der Waals surface area contributed by atoms with Crippen molar-refractivity contribution in [3.63, 3.8) is 0 Å². The first-order chi connectivity index (χ1) is 11.6. The highest BCUT2D eigenvalue weighted by atomic mass is 16.5. The summed E-state index contributed by atoms with van der Waals surface area (Å²) in [5, 5.41) is 0. The van der Waals surface area contributed by atoms with Gasteiger partial charge in [0.15, 0.2) is 11.4 Å². The Morgan fingerprint density at radius 2 is 1.58 bits per heavy atom. The van der Waals surface area contributed by atoms with Crippen LogP contribution in [-0.4, -0.2) is 36.8 Å². The largest absolute Gasteiger partial charge is 0.493 e. The number of ether oxygens (including phenoxy) is 3. The number of aromatic nitrogens is 1. The summed E-state index contributed by atoms with van der Waals surface area (Å²) in [5.41, 5.74) is 1.73. The fraction of sp³-hybridized carbons (Fsp3) is 0.333. The molecule has 0 aliphatic heterocycles. The number of methoxy groups -OCH3 is 1. The molecule has 6 heteroatoms. The van der Waals surface area contributed by atoms with Crippen molar-refractivity contribution in [3.05, 3.63) is 41.6 Å². The predicted octanol–water partition coefficient (Wildman–Crippen LogP) is 3.05. The Bertz CT molecular complexity index is 734. The molecule has 0 bridgehead atoms. The number of nitrogens with zero attached hydrogens (tertiary/aromatic N) is 1. The molecule has 0 fully saturated rings. The van der Waals surface area contributed by atoms with Crippen LogP contribution in [0.1, 0.15) is 34.7 Å². The Labute approximate surface area is 140 Å². The third kappa shape index (κ3) is 3.13. The van der Waals surface area contributed by atoms with E-state index in [1.165, 1.54) is 7.11 Å². The summed E-state index contributed by atoms with van der Waals surface area (Å²) < 4.78 is 17.2. The van der Waals surface area contributed by atoms with Crippen molar-refractivity contribution >= 4 is 11.9 Å². The quantitative estimate of drug-likeness (QED) is 0.761. The average molecular weight is 331 g/mol. The van der Waals surface area contributed by atoms with Crippen molar-refractivity contribution in [2.24, 2.45) is 7.05 Å². The van der Waals surface area contributed by atoms with Crippen molar-refractivity contribution in [3.8, 4) is 17.0 Å². The van der Waals surface area contributed by atoms with Crippen molar-refractivity contribution < 1.29 is 23.8 Å². The molecule has 0 unspecified atom stereocenters. The molecule has 0 radical (unpaired) electrons. The van der Waals surface area contributed by atoms with E-state index in [-0.39, 0.29) is 30.2 Å². The molecule has 0 saturated heterocycles. The first-order valence-electron chi connectivity index (χ1n) is 7.73. The number of esters is 2. The molecule has 0 atom stereocenters. The summed E-state index contributed by atoms with van der Waals surface area (Å²) in [7, 11) is 3.11. The van der Waals surface area contributed by atoms with Gasteiger partial charge in [0, 0.05) is 7.05 Å². The molecule has 0 aliphatic carbocycles. The molecule has 0 N–H and O–H groups in total. The van der Waals surface area contributed by atoms with E-state index in [0.717, 1.165) is 5.56 Å². The predicted molar refractivity (Wildman–Crippen MR) is 89.3 cm³/mol. The molecular formula is C18H21NO5. The van der Waals surface area contributed by atoms with Crippen LogP contribution in [0.5, 0.6) is 5.75 Å². The van der Waals surface area contributed by atoms with Crippen LogP contribution < -0.4 is 4.74 Å². The molecule has 1 aromatic heterocycles. The summed E-state index contributed by atoms with van der Waals surface area (Å²) in [4.78, 5) is 24.8. The first-order valence-corrected chi connectivity index (χ1v) is 7.73. The van der Waals surface area contributed by atoms with Crippen molar-refractivity contribution in [2.75, 3.05) is 20.3 Å². The zero-order valence-corrected chi connectivity index (χ0v) is 14.3. The van der Waals surface area contributed by atoms with Gasteiger partial charge in [-0.05, 0) is 19.4 Å². The Morgan fingerprint density at radius 3 is 2.12 bits per heavy atom. The van der Waals surface area contributed by atoms with Gasteiger partial charge < -0.3 is 18.8 Å². The summed E-state index contributed by atoms with van der Waals surface area (Å²) in [6, 6.07) is 9.29. The Hall–Kier alpha value is -2.76. The van der Waals surface area contributed by atoms with Crippen LogP contribution in [0.15, 0.2) is 30.3 Å². The van der Waals surface area contributed by atoms with Crippen molar-refractivity contribution in [1.29, 1.82) is 0 Å². The maximum Gasteiger partial charge on any atom is 0.358 e. The van der Waals surface area contributed by atoms with Gasteiger partial charge in [-0.15, -0.1) is 0 Å². The van der Waals surface area contributed by atoms with Crippen molar-refractivity contribution in [2.45, 2.75) is 13.8 Å². The van der Waals surface area contributed by atoms with E-state index in [1.807, 2.05) is 30.3 Å². The second kappa shape index (κ2) is 7.68. The van der Waals surface area contributed by atoms with Crippen LogP contribution in [0.3, 0.4) is 0 Å². The van der Waals surface area contributed by atoms with Gasteiger partial charge in [0.1, 0.15) is 5.56 Å². The number of carbonyl (C=O) groups excluding carboxylic acids is 2. The number of benzene rings is 1. The van der Waals surface area contributed by atoms with Crippen molar-refractivity contribution in [1.82, 2.24) is 4.57 Å². The minimum Gasteiger partial charge on any atom is -0.493 e. The van der Waals surface area contributed by atoms with Crippen LogP contribution in [0, 0.1) is 0 Å². The smallest absolute Gasteiger partial charge is 0.358 e. The Balaban J connectivity index is 2.76. The van der Waals surface area contributed by atoms with Crippen LogP contribution in [0.4, 0.5) is 0 Å². The molecule has 2 rings (SSSR count). The van der Waals surface area contributed by atoms with E-state index in [2.05, 4.69) is 0 Å². The third-order valence-corrected chi connectivity index (χ3v) is 3.55. The number of carbonyl (C=O) groups is 2. The third-order valence-electron chi connectivity index (χ3n) is 3.55. The van der Waals surface area contributed by atoms with Crippen LogP contribution in [0.25, 0.3) is 11.3 Å². The van der Waals surface area contributed by atoms with Gasteiger partial charge in [-0.3, -0.25) is 0 Å². The fourth-order valence-electron chi connectivity index (χ4n) is 2.61. The van der Waals surface area contributed by atoms with Gasteiger partial charge in [-0.2, -0.15) is 0 Å². The van der Waals surface area contributed by atoms with E-state index < -0.39 is 11.9 Å². The lowest BCUT2D eigenvalue weighted by molar-refractivity contribution is 0.0511. The lowest BCUT2D eigenvalue weighted by Gasteiger charge is -2.08. The van der Waals surface area contributed by atoms with Gasteiger partial charge >= 0.3 is 11.9 Å². The Morgan fingerprint density at radius 1 is 1.00 bits per heavy atom. The first kappa shape index (κ1) is 17.6. The van der Waals surface area contributed by atoms with Crippen LogP contribution in [-0.2, 0) is 16.5 Å². The second-order valence-corrected chi connectivity index (χ2v) is 4.97.